The van der Waals surface area contributed by atoms with E-state index in [1.807, 2.05) is 0 Å². The molecule has 1 saturated heterocycles. The molecule has 0 saturated carbocycles. The molecule has 10 heteroatoms. The van der Waals surface area contributed by atoms with Gasteiger partial charge in [-0.3, -0.25) is 19.3 Å². The molecule has 2 amide bonds. The summed E-state index contributed by atoms with van der Waals surface area (Å²) in [6.45, 7) is 2.90. The van der Waals surface area contributed by atoms with E-state index >= 15 is 0 Å². The van der Waals surface area contributed by atoms with Crippen LogP contribution < -0.4 is 9.47 Å². The van der Waals surface area contributed by atoms with Crippen molar-refractivity contribution in [2.45, 2.75) is 20.0 Å². The first-order valence-corrected chi connectivity index (χ1v) is 11.0. The standard InChI is InChI=1S/C23H20ClNO7S/c1-13(2)31-20(26)12-25-21(27)19(33-23(25)29)11-14-4-9-17(18(10-14)30-3)32-22(28)15-5-7-16(24)8-6-15/h4-11,13H,12H2,1-3H3/b19-11-. The first-order valence-electron chi connectivity index (χ1n) is 9.78. The Kier molecular flexibility index (Phi) is 7.78. The summed E-state index contributed by atoms with van der Waals surface area (Å²) >= 11 is 6.55. The van der Waals surface area contributed by atoms with Gasteiger partial charge in [0.25, 0.3) is 11.1 Å². The number of amides is 2. The van der Waals surface area contributed by atoms with Gasteiger partial charge in [0.2, 0.25) is 0 Å². The fourth-order valence-corrected chi connectivity index (χ4v) is 3.78. The monoisotopic (exact) mass is 489 g/mol. The molecule has 2 aromatic rings. The van der Waals surface area contributed by atoms with Gasteiger partial charge in [0.05, 0.1) is 23.7 Å². The molecule has 0 N–H and O–H groups in total. The Balaban J connectivity index is 1.75. The maximum absolute atomic E-state index is 12.6. The highest BCUT2D eigenvalue weighted by Crippen LogP contribution is 2.34. The number of hydrogen-bond acceptors (Lipinski definition) is 8. The van der Waals surface area contributed by atoms with Crippen molar-refractivity contribution in [3.8, 4) is 11.5 Å². The molecule has 33 heavy (non-hydrogen) atoms. The number of benzene rings is 2. The summed E-state index contributed by atoms with van der Waals surface area (Å²) in [7, 11) is 1.41. The number of thioether (sulfide) groups is 1. The Morgan fingerprint density at radius 2 is 1.79 bits per heavy atom. The molecule has 1 fully saturated rings. The van der Waals surface area contributed by atoms with Gasteiger partial charge in [-0.15, -0.1) is 0 Å². The molecule has 172 valence electrons. The van der Waals surface area contributed by atoms with E-state index < -0.39 is 29.6 Å². The first kappa shape index (κ1) is 24.3. The molecule has 8 nitrogen and oxygen atoms in total. The number of rotatable bonds is 7. The fraction of sp³-hybridized carbons (Fsp3) is 0.217. The summed E-state index contributed by atoms with van der Waals surface area (Å²) in [6.07, 6.45) is 1.14. The Morgan fingerprint density at radius 1 is 1.09 bits per heavy atom. The molecule has 0 spiro atoms. The van der Waals surface area contributed by atoms with Crippen LogP contribution in [0.15, 0.2) is 47.4 Å². The minimum absolute atomic E-state index is 0.144. The number of imide groups is 1. The Bertz CT molecular complexity index is 1130. The van der Waals surface area contributed by atoms with E-state index in [0.29, 0.717) is 16.1 Å². The van der Waals surface area contributed by atoms with Crippen LogP contribution in [0.25, 0.3) is 6.08 Å². The van der Waals surface area contributed by atoms with E-state index in [9.17, 15) is 19.2 Å². The van der Waals surface area contributed by atoms with Crippen LogP contribution in [0.4, 0.5) is 4.79 Å². The maximum Gasteiger partial charge on any atom is 0.343 e. The number of nitrogens with zero attached hydrogens (tertiary/aromatic N) is 1. The van der Waals surface area contributed by atoms with Gasteiger partial charge in [0.15, 0.2) is 11.5 Å². The zero-order chi connectivity index (χ0) is 24.1. The molecular formula is C23H20ClNO7S. The number of ether oxygens (including phenoxy) is 3. The topological polar surface area (TPSA) is 99.2 Å². The molecular weight excluding hydrogens is 470 g/mol. The van der Waals surface area contributed by atoms with Crippen molar-refractivity contribution < 1.29 is 33.4 Å². The highest BCUT2D eigenvalue weighted by atomic mass is 35.5. The summed E-state index contributed by atoms with van der Waals surface area (Å²) in [5, 5.41) is -0.0675. The van der Waals surface area contributed by atoms with Gasteiger partial charge in [-0.05, 0) is 73.6 Å². The van der Waals surface area contributed by atoms with E-state index in [0.717, 1.165) is 16.7 Å². The highest BCUT2D eigenvalue weighted by molar-refractivity contribution is 8.18. The van der Waals surface area contributed by atoms with Crippen LogP contribution in [0.5, 0.6) is 11.5 Å². The zero-order valence-corrected chi connectivity index (χ0v) is 19.6. The summed E-state index contributed by atoms with van der Waals surface area (Å²) in [5.41, 5.74) is 0.851. The first-order chi connectivity index (χ1) is 15.7. The summed E-state index contributed by atoms with van der Waals surface area (Å²) in [6, 6.07) is 10.9. The number of carbonyl (C=O) groups is 4. The second kappa shape index (κ2) is 10.5. The SMILES string of the molecule is COc1cc(/C=C2\SC(=O)N(CC(=O)OC(C)C)C2=O)ccc1OC(=O)c1ccc(Cl)cc1. The number of methoxy groups -OCH3 is 1. The van der Waals surface area contributed by atoms with Crippen molar-refractivity contribution in [2.24, 2.45) is 0 Å². The molecule has 0 radical (unpaired) electrons. The maximum atomic E-state index is 12.6. The second-order valence-electron chi connectivity index (χ2n) is 7.11. The molecule has 1 aliphatic rings. The van der Waals surface area contributed by atoms with Crippen LogP contribution in [-0.2, 0) is 14.3 Å². The number of carbonyl (C=O) groups excluding carboxylic acids is 4. The van der Waals surface area contributed by atoms with Crippen LogP contribution >= 0.6 is 23.4 Å². The lowest BCUT2D eigenvalue weighted by Crippen LogP contribution is -2.35. The van der Waals surface area contributed by atoms with E-state index in [1.165, 1.54) is 19.3 Å². The van der Waals surface area contributed by atoms with Crippen LogP contribution in [0.1, 0.15) is 29.8 Å². The lowest BCUT2D eigenvalue weighted by molar-refractivity contribution is -0.149. The van der Waals surface area contributed by atoms with Gasteiger partial charge < -0.3 is 14.2 Å². The average molecular weight is 490 g/mol. The van der Waals surface area contributed by atoms with Gasteiger partial charge >= 0.3 is 11.9 Å². The fourth-order valence-electron chi connectivity index (χ4n) is 2.82. The van der Waals surface area contributed by atoms with Gasteiger partial charge in [0, 0.05) is 5.02 Å². The largest absolute Gasteiger partial charge is 0.493 e. The highest BCUT2D eigenvalue weighted by Gasteiger charge is 2.36. The number of esters is 2. The molecule has 1 aliphatic heterocycles. The zero-order valence-electron chi connectivity index (χ0n) is 18.0. The molecule has 2 aromatic carbocycles. The van der Waals surface area contributed by atoms with E-state index in [-0.39, 0.29) is 22.5 Å². The lowest BCUT2D eigenvalue weighted by atomic mass is 10.1. The van der Waals surface area contributed by atoms with Gasteiger partial charge in [0.1, 0.15) is 6.54 Å². The molecule has 1 heterocycles. The van der Waals surface area contributed by atoms with E-state index in [1.54, 1.807) is 50.2 Å². The Morgan fingerprint density at radius 3 is 2.42 bits per heavy atom. The Labute approximate surface area is 199 Å². The van der Waals surface area contributed by atoms with Crippen molar-refractivity contribution >= 4 is 52.5 Å². The second-order valence-corrected chi connectivity index (χ2v) is 8.54. The molecule has 0 bridgehead atoms. The third-order valence-corrected chi connectivity index (χ3v) is 5.46. The minimum atomic E-state index is -0.665. The Hall–Kier alpha value is -3.30. The van der Waals surface area contributed by atoms with Gasteiger partial charge in [-0.1, -0.05) is 17.7 Å². The van der Waals surface area contributed by atoms with Crippen molar-refractivity contribution in [3.63, 3.8) is 0 Å². The normalized spacial score (nSPS) is 14.7. The van der Waals surface area contributed by atoms with Gasteiger partial charge in [-0.2, -0.15) is 0 Å². The van der Waals surface area contributed by atoms with Crippen LogP contribution in [0, 0.1) is 0 Å². The van der Waals surface area contributed by atoms with Crippen LogP contribution in [0.3, 0.4) is 0 Å². The average Bonchev–Trinajstić information content (AvgIpc) is 3.01. The van der Waals surface area contributed by atoms with Crippen LogP contribution in [-0.4, -0.2) is 47.7 Å². The predicted octanol–water partition coefficient (Wildman–Crippen LogP) is 4.56. The third-order valence-electron chi connectivity index (χ3n) is 4.30. The minimum Gasteiger partial charge on any atom is -0.493 e. The lowest BCUT2D eigenvalue weighted by Gasteiger charge is -2.13. The van der Waals surface area contributed by atoms with Crippen molar-refractivity contribution in [1.82, 2.24) is 4.90 Å². The third kappa shape index (κ3) is 6.15. The molecule has 0 atom stereocenters. The quantitative estimate of drug-likeness (QED) is 0.317. The molecule has 0 aliphatic carbocycles. The summed E-state index contributed by atoms with van der Waals surface area (Å²) in [5.74, 6) is -1.41. The number of hydrogen-bond donors (Lipinski definition) is 0. The van der Waals surface area contributed by atoms with Crippen molar-refractivity contribution in [1.29, 1.82) is 0 Å². The smallest absolute Gasteiger partial charge is 0.343 e. The molecule has 0 aromatic heterocycles. The molecule has 0 unspecified atom stereocenters. The van der Waals surface area contributed by atoms with Gasteiger partial charge in [-0.25, -0.2) is 4.79 Å². The van der Waals surface area contributed by atoms with Crippen LogP contribution in [0.2, 0.25) is 5.02 Å². The summed E-state index contributed by atoms with van der Waals surface area (Å²) in [4.78, 5) is 50.0. The van der Waals surface area contributed by atoms with Crippen molar-refractivity contribution in [3.05, 3.63) is 63.5 Å². The van der Waals surface area contributed by atoms with E-state index in [2.05, 4.69) is 0 Å². The van der Waals surface area contributed by atoms with E-state index in [4.69, 9.17) is 25.8 Å². The van der Waals surface area contributed by atoms with Crippen molar-refractivity contribution in [2.75, 3.05) is 13.7 Å². The number of halogens is 1. The summed E-state index contributed by atoms with van der Waals surface area (Å²) < 4.78 is 15.7. The predicted molar refractivity (Wildman–Crippen MR) is 123 cm³/mol. The molecule has 3 rings (SSSR count).